The van der Waals surface area contributed by atoms with E-state index in [1.807, 2.05) is 30.3 Å². The number of fused-ring (bicyclic) bond motifs is 1. The molecule has 170 valence electrons. The summed E-state index contributed by atoms with van der Waals surface area (Å²) in [5.74, 6) is 1.53. The second-order valence-corrected chi connectivity index (χ2v) is 10.3. The summed E-state index contributed by atoms with van der Waals surface area (Å²) < 4.78 is 0. The molecule has 2 saturated carbocycles. The molecular formula is C28H36N2O2. The molecule has 32 heavy (non-hydrogen) atoms. The molecule has 4 heteroatoms. The van der Waals surface area contributed by atoms with Gasteiger partial charge in [0.15, 0.2) is 11.4 Å². The molecule has 4 nitrogen and oxygen atoms in total. The van der Waals surface area contributed by atoms with Gasteiger partial charge in [-0.1, -0.05) is 79.9 Å². The summed E-state index contributed by atoms with van der Waals surface area (Å²) in [7, 11) is 0. The highest BCUT2D eigenvalue weighted by Gasteiger charge is 2.58. The number of carbonyl (C=O) groups is 1. The molecule has 1 heterocycles. The minimum Gasteiger partial charge on any atom is -0.377 e. The molecule has 2 aromatic rings. The largest absolute Gasteiger partial charge is 0.377 e. The zero-order chi connectivity index (χ0) is 22.1. The van der Waals surface area contributed by atoms with E-state index in [0.29, 0.717) is 17.8 Å². The van der Waals surface area contributed by atoms with Crippen LogP contribution in [0.25, 0.3) is 0 Å². The number of hydrogen-bond donors (Lipinski definition) is 2. The highest BCUT2D eigenvalue weighted by Crippen LogP contribution is 2.54. The fourth-order valence-electron chi connectivity index (χ4n) is 6.61. The lowest BCUT2D eigenvalue weighted by atomic mass is 9.70. The highest BCUT2D eigenvalue weighted by atomic mass is 16.3. The third kappa shape index (κ3) is 4.16. The van der Waals surface area contributed by atoms with Gasteiger partial charge in [0.05, 0.1) is 0 Å². The Morgan fingerprint density at radius 3 is 2.19 bits per heavy atom. The Hall–Kier alpha value is -2.01. The Bertz CT molecular complexity index is 900. The van der Waals surface area contributed by atoms with Crippen molar-refractivity contribution in [1.82, 2.24) is 4.90 Å². The lowest BCUT2D eigenvalue weighted by Gasteiger charge is -2.38. The van der Waals surface area contributed by atoms with E-state index in [1.54, 1.807) is 0 Å². The number of piperidine rings is 1. The zero-order valence-electron chi connectivity index (χ0n) is 18.9. The van der Waals surface area contributed by atoms with Crippen LogP contribution in [0.1, 0.15) is 49.7 Å². The molecule has 1 saturated heterocycles. The smallest absolute Gasteiger partial charge is 0.170 e. The van der Waals surface area contributed by atoms with Crippen molar-refractivity contribution in [2.75, 3.05) is 13.1 Å². The van der Waals surface area contributed by atoms with Crippen LogP contribution in [0.5, 0.6) is 0 Å². The van der Waals surface area contributed by atoms with Crippen molar-refractivity contribution in [2.45, 2.75) is 56.7 Å². The number of Topliss-reactive ketones (excluding diaryl/α,β-unsaturated/α-hetero) is 1. The Morgan fingerprint density at radius 2 is 1.56 bits per heavy atom. The van der Waals surface area contributed by atoms with Gasteiger partial charge in [0.25, 0.3) is 0 Å². The van der Waals surface area contributed by atoms with E-state index in [1.165, 1.54) is 12.0 Å². The summed E-state index contributed by atoms with van der Waals surface area (Å²) in [5, 5.41) is 11.8. The van der Waals surface area contributed by atoms with Crippen LogP contribution in [0.4, 0.5) is 0 Å². The number of likely N-dealkylation sites (tertiary alicyclic amines) is 1. The number of hydrogen-bond acceptors (Lipinski definition) is 4. The van der Waals surface area contributed by atoms with Gasteiger partial charge >= 0.3 is 0 Å². The average Bonchev–Trinajstić information content (AvgIpc) is 3.35. The number of rotatable bonds is 8. The Morgan fingerprint density at radius 1 is 0.969 bits per heavy atom. The van der Waals surface area contributed by atoms with Crippen molar-refractivity contribution >= 4 is 5.78 Å². The molecule has 3 fully saturated rings. The third-order valence-corrected chi connectivity index (χ3v) is 8.34. The van der Waals surface area contributed by atoms with Gasteiger partial charge in [-0.3, -0.25) is 9.69 Å². The maximum Gasteiger partial charge on any atom is 0.170 e. The van der Waals surface area contributed by atoms with Crippen molar-refractivity contribution in [2.24, 2.45) is 29.4 Å². The summed E-state index contributed by atoms with van der Waals surface area (Å²) in [6, 6.07) is 20.0. The van der Waals surface area contributed by atoms with E-state index in [-0.39, 0.29) is 24.2 Å². The molecule has 2 aromatic carbocycles. The van der Waals surface area contributed by atoms with Gasteiger partial charge in [0.1, 0.15) is 0 Å². The van der Waals surface area contributed by atoms with Crippen LogP contribution in [-0.2, 0) is 16.9 Å². The fourth-order valence-corrected chi connectivity index (χ4v) is 6.61. The van der Waals surface area contributed by atoms with Crippen LogP contribution in [0.3, 0.4) is 0 Å². The highest BCUT2D eigenvalue weighted by molar-refractivity contribution is 5.89. The maximum absolute atomic E-state index is 13.6. The van der Waals surface area contributed by atoms with Gasteiger partial charge in [-0.15, -0.1) is 0 Å². The van der Waals surface area contributed by atoms with Crippen LogP contribution in [0.2, 0.25) is 0 Å². The zero-order valence-corrected chi connectivity index (χ0v) is 18.9. The van der Waals surface area contributed by atoms with Crippen LogP contribution >= 0.6 is 0 Å². The normalized spacial score (nSPS) is 28.6. The average molecular weight is 433 g/mol. The third-order valence-electron chi connectivity index (χ3n) is 8.34. The monoisotopic (exact) mass is 432 g/mol. The van der Waals surface area contributed by atoms with Gasteiger partial charge in [-0.2, -0.15) is 0 Å². The van der Waals surface area contributed by atoms with E-state index in [2.05, 4.69) is 35.2 Å². The molecule has 0 radical (unpaired) electrons. The fraction of sp³-hybridized carbons (Fsp3) is 0.536. The predicted molar refractivity (Wildman–Crippen MR) is 127 cm³/mol. The molecule has 3 aliphatic rings. The summed E-state index contributed by atoms with van der Waals surface area (Å²) in [5.41, 5.74) is 7.32. The molecule has 1 aliphatic heterocycles. The first-order valence-corrected chi connectivity index (χ1v) is 12.4. The number of aliphatic hydroxyl groups is 1. The van der Waals surface area contributed by atoms with Crippen molar-refractivity contribution < 1.29 is 9.90 Å². The molecule has 0 spiro atoms. The quantitative estimate of drug-likeness (QED) is 0.659. The second kappa shape index (κ2) is 9.09. The van der Waals surface area contributed by atoms with Crippen molar-refractivity contribution in [3.8, 4) is 0 Å². The number of ketones is 1. The number of benzene rings is 2. The van der Waals surface area contributed by atoms with E-state index in [4.69, 9.17) is 5.73 Å². The first-order valence-electron chi connectivity index (χ1n) is 12.4. The molecular weight excluding hydrogens is 396 g/mol. The summed E-state index contributed by atoms with van der Waals surface area (Å²) in [6.45, 7) is 3.12. The standard InChI is InChI=1S/C28H36N2O2/c29-25(27-23-18-30(19-24(23)27)17-20-10-4-1-5-11-20)16-26(31)28(32,21-12-6-2-7-13-21)22-14-8-3-9-15-22/h1-2,4-7,10-13,22-25,27,32H,3,8-9,14-19,29H2/t23-,24+,25?,27?,28?. The Balaban J connectivity index is 1.22. The lowest BCUT2D eigenvalue weighted by Crippen LogP contribution is -2.46. The molecule has 0 amide bonds. The minimum atomic E-state index is -1.40. The van der Waals surface area contributed by atoms with E-state index < -0.39 is 5.60 Å². The predicted octanol–water partition coefficient (Wildman–Crippen LogP) is 4.12. The van der Waals surface area contributed by atoms with Gasteiger partial charge in [0.2, 0.25) is 0 Å². The second-order valence-electron chi connectivity index (χ2n) is 10.3. The molecule has 5 atom stereocenters. The van der Waals surface area contributed by atoms with Crippen molar-refractivity contribution in [3.05, 3.63) is 71.8 Å². The molecule has 5 rings (SSSR count). The topological polar surface area (TPSA) is 66.6 Å². The van der Waals surface area contributed by atoms with E-state index >= 15 is 0 Å². The van der Waals surface area contributed by atoms with Crippen LogP contribution in [-0.4, -0.2) is 34.9 Å². The van der Waals surface area contributed by atoms with Gasteiger partial charge in [-0.25, -0.2) is 0 Å². The molecule has 3 unspecified atom stereocenters. The number of nitrogens with two attached hydrogens (primary N) is 1. The van der Waals surface area contributed by atoms with E-state index in [0.717, 1.165) is 50.9 Å². The summed E-state index contributed by atoms with van der Waals surface area (Å²) in [4.78, 5) is 16.1. The molecule has 0 aromatic heterocycles. The number of carbonyl (C=O) groups excluding carboxylic acids is 1. The maximum atomic E-state index is 13.6. The Kier molecular flexibility index (Phi) is 6.20. The first kappa shape index (κ1) is 21.8. The SMILES string of the molecule is NC(CC(=O)C(O)(c1ccccc1)C1CCCCC1)C1[C@H]2CN(Cc3ccccc3)C[C@@H]12. The minimum absolute atomic E-state index is 0.00147. The van der Waals surface area contributed by atoms with Gasteiger partial charge in [0, 0.05) is 32.1 Å². The van der Waals surface area contributed by atoms with E-state index in [9.17, 15) is 9.90 Å². The molecule has 2 aliphatic carbocycles. The van der Waals surface area contributed by atoms with Crippen LogP contribution in [0.15, 0.2) is 60.7 Å². The number of nitrogens with zero attached hydrogens (tertiary/aromatic N) is 1. The molecule has 0 bridgehead atoms. The van der Waals surface area contributed by atoms with Crippen molar-refractivity contribution in [3.63, 3.8) is 0 Å². The Labute approximate surface area is 191 Å². The summed E-state index contributed by atoms with van der Waals surface area (Å²) >= 11 is 0. The first-order chi connectivity index (χ1) is 15.6. The molecule has 3 N–H and O–H groups in total. The van der Waals surface area contributed by atoms with Crippen LogP contribution in [0, 0.1) is 23.7 Å². The summed E-state index contributed by atoms with van der Waals surface area (Å²) in [6.07, 6.45) is 5.47. The van der Waals surface area contributed by atoms with Gasteiger partial charge < -0.3 is 10.8 Å². The van der Waals surface area contributed by atoms with Crippen LogP contribution < -0.4 is 5.73 Å². The van der Waals surface area contributed by atoms with Crippen molar-refractivity contribution in [1.29, 1.82) is 0 Å². The lowest BCUT2D eigenvalue weighted by molar-refractivity contribution is -0.147. The van der Waals surface area contributed by atoms with Gasteiger partial charge in [-0.05, 0) is 47.6 Å².